The van der Waals surface area contributed by atoms with Crippen LogP contribution in [-0.4, -0.2) is 58.8 Å². The molecule has 0 rings (SSSR count). The lowest BCUT2D eigenvalue weighted by molar-refractivity contribution is -0.927. The van der Waals surface area contributed by atoms with Gasteiger partial charge in [0.2, 0.25) is 0 Å². The molecule has 0 bridgehead atoms. The number of carboxylic acids is 3. The number of hydrogen-bond donors (Lipinski definition) is 2. The maximum Gasteiger partial charge on any atom is 0.309 e. The Morgan fingerprint density at radius 1 is 0.500 bits per heavy atom. The Kier molecular flexibility index (Phi) is 22.7. The van der Waals surface area contributed by atoms with Crippen LogP contribution in [0.5, 0.6) is 0 Å². The van der Waals surface area contributed by atoms with Crippen LogP contribution in [0.25, 0.3) is 0 Å². The number of hydrogen-bond acceptors (Lipinski definition) is 4. The van der Waals surface area contributed by atoms with Crippen molar-refractivity contribution in [3.05, 3.63) is 0 Å². The molecule has 0 heterocycles. The average Bonchev–Trinajstić information content (AvgIpc) is 2.83. The first-order valence-corrected chi connectivity index (χ1v) is 14.8. The second-order valence-corrected chi connectivity index (χ2v) is 10.7. The number of carboxylic acid groups (broad SMARTS) is 3. The summed E-state index contributed by atoms with van der Waals surface area (Å²) < 4.78 is 0.228. The molecule has 0 fully saturated rings. The molecule has 0 amide bonds. The summed E-state index contributed by atoms with van der Waals surface area (Å²) in [5.74, 6) is -3.07. The summed E-state index contributed by atoms with van der Waals surface area (Å²) in [7, 11) is 0. The van der Waals surface area contributed by atoms with Gasteiger partial charge in [-0.2, -0.15) is 0 Å². The molecule has 0 aliphatic carbocycles. The maximum absolute atomic E-state index is 11.1. The zero-order chi connectivity index (χ0) is 26.9. The standard InChI is InChI=1S/C29H55NO6/c1-2-3-4-5-6-7-8-9-10-11-12-13-14-15-16-17-18-19-23-30(24-20-27(31)32,25-21-28(33)34)26-22-29(35)36/h2-26H2,1H3,(H2-,31,32,33,34,35,36). The third-order valence-corrected chi connectivity index (χ3v) is 7.38. The first kappa shape index (κ1) is 34.4. The first-order chi connectivity index (χ1) is 17.3. The monoisotopic (exact) mass is 513 g/mol. The lowest BCUT2D eigenvalue weighted by atomic mass is 10.0. The van der Waals surface area contributed by atoms with E-state index in [4.69, 9.17) is 10.2 Å². The van der Waals surface area contributed by atoms with E-state index in [1.54, 1.807) is 0 Å². The van der Waals surface area contributed by atoms with Gasteiger partial charge in [-0.1, -0.05) is 110 Å². The average molecular weight is 514 g/mol. The van der Waals surface area contributed by atoms with Crippen LogP contribution in [0, 0.1) is 0 Å². The lowest BCUT2D eigenvalue weighted by Crippen LogP contribution is -2.53. The molecule has 0 aromatic rings. The topological polar surface area (TPSA) is 115 Å². The van der Waals surface area contributed by atoms with Crippen LogP contribution in [0.15, 0.2) is 0 Å². The molecule has 0 radical (unpaired) electrons. The van der Waals surface area contributed by atoms with E-state index in [1.807, 2.05) is 0 Å². The highest BCUT2D eigenvalue weighted by Gasteiger charge is 2.28. The fourth-order valence-corrected chi connectivity index (χ4v) is 5.01. The van der Waals surface area contributed by atoms with Gasteiger partial charge in [0.15, 0.2) is 0 Å². The van der Waals surface area contributed by atoms with Crippen molar-refractivity contribution >= 4 is 17.9 Å². The second-order valence-electron chi connectivity index (χ2n) is 10.7. The molecule has 0 saturated heterocycles. The van der Waals surface area contributed by atoms with Crippen LogP contribution in [0.4, 0.5) is 0 Å². The molecule has 0 saturated carbocycles. The Hall–Kier alpha value is -1.63. The van der Waals surface area contributed by atoms with Crippen LogP contribution < -0.4 is 5.11 Å². The maximum atomic E-state index is 11.1. The molecule has 0 aromatic carbocycles. The van der Waals surface area contributed by atoms with Crippen LogP contribution in [-0.2, 0) is 14.4 Å². The van der Waals surface area contributed by atoms with Crippen molar-refractivity contribution in [2.45, 2.75) is 142 Å². The largest absolute Gasteiger partial charge is 0.550 e. The summed E-state index contributed by atoms with van der Waals surface area (Å²) in [4.78, 5) is 33.2. The van der Waals surface area contributed by atoms with Crippen molar-refractivity contribution in [1.82, 2.24) is 0 Å². The van der Waals surface area contributed by atoms with Crippen molar-refractivity contribution in [2.24, 2.45) is 0 Å². The number of rotatable bonds is 28. The fraction of sp³-hybridized carbons (Fsp3) is 0.897. The highest BCUT2D eigenvalue weighted by atomic mass is 16.4. The van der Waals surface area contributed by atoms with Crippen molar-refractivity contribution in [3.8, 4) is 0 Å². The van der Waals surface area contributed by atoms with Gasteiger partial charge in [0.05, 0.1) is 39.0 Å². The number of carbonyl (C=O) groups is 3. The molecule has 7 nitrogen and oxygen atoms in total. The predicted molar refractivity (Wildman–Crippen MR) is 143 cm³/mol. The highest BCUT2D eigenvalue weighted by Crippen LogP contribution is 2.17. The van der Waals surface area contributed by atoms with Crippen molar-refractivity contribution in [3.63, 3.8) is 0 Å². The van der Waals surface area contributed by atoms with Crippen LogP contribution in [0.3, 0.4) is 0 Å². The lowest BCUT2D eigenvalue weighted by Gasteiger charge is -2.38. The summed E-state index contributed by atoms with van der Waals surface area (Å²) in [5, 5.41) is 29.2. The van der Waals surface area contributed by atoms with Crippen LogP contribution in [0.2, 0.25) is 0 Å². The minimum absolute atomic E-state index is 0.0916. The first-order valence-electron chi connectivity index (χ1n) is 14.8. The SMILES string of the molecule is CCCCCCCCCCCCCCCCCCCC[N+](CCC(=O)[O-])(CCC(=O)O)CCC(=O)O. The molecule has 0 spiro atoms. The molecule has 212 valence electrons. The van der Waals surface area contributed by atoms with Gasteiger partial charge in [0.1, 0.15) is 0 Å². The van der Waals surface area contributed by atoms with Crippen molar-refractivity contribution in [2.75, 3.05) is 26.2 Å². The molecule has 0 aliphatic rings. The zero-order valence-electron chi connectivity index (χ0n) is 23.2. The Balaban J connectivity index is 3.93. The summed E-state index contributed by atoms with van der Waals surface area (Å²) in [6.45, 7) is 3.62. The minimum atomic E-state index is -1.18. The molecule has 36 heavy (non-hydrogen) atoms. The number of unbranched alkanes of at least 4 members (excludes halogenated alkanes) is 17. The number of quaternary nitrogens is 1. The van der Waals surface area contributed by atoms with E-state index in [1.165, 1.54) is 96.3 Å². The van der Waals surface area contributed by atoms with Crippen molar-refractivity contribution < 1.29 is 34.2 Å². The third kappa shape index (κ3) is 22.8. The number of aliphatic carboxylic acids is 3. The molecular formula is C29H55NO6. The van der Waals surface area contributed by atoms with E-state index >= 15 is 0 Å². The molecule has 0 aromatic heterocycles. The van der Waals surface area contributed by atoms with E-state index in [9.17, 15) is 19.5 Å². The summed E-state index contributed by atoms with van der Waals surface area (Å²) in [6.07, 6.45) is 22.8. The number of carbonyl (C=O) groups excluding carboxylic acids is 1. The molecule has 2 N–H and O–H groups in total. The Morgan fingerprint density at radius 3 is 1.11 bits per heavy atom. The predicted octanol–water partition coefficient (Wildman–Crippen LogP) is 5.93. The van der Waals surface area contributed by atoms with E-state index < -0.39 is 17.9 Å². The third-order valence-electron chi connectivity index (χ3n) is 7.38. The number of nitrogens with zero attached hydrogens (tertiary/aromatic N) is 1. The van der Waals surface area contributed by atoms with E-state index in [-0.39, 0.29) is 43.4 Å². The van der Waals surface area contributed by atoms with E-state index in [0.29, 0.717) is 6.54 Å². The normalized spacial score (nSPS) is 11.6. The second kappa shape index (κ2) is 23.7. The summed E-state index contributed by atoms with van der Waals surface area (Å²) in [5.41, 5.74) is 0. The van der Waals surface area contributed by atoms with Gasteiger partial charge in [0, 0.05) is 12.4 Å². The van der Waals surface area contributed by atoms with E-state index in [0.717, 1.165) is 19.3 Å². The van der Waals surface area contributed by atoms with Gasteiger partial charge >= 0.3 is 11.9 Å². The highest BCUT2D eigenvalue weighted by molar-refractivity contribution is 5.67. The molecule has 7 heteroatoms. The van der Waals surface area contributed by atoms with Gasteiger partial charge in [0.25, 0.3) is 0 Å². The smallest absolute Gasteiger partial charge is 0.309 e. The van der Waals surface area contributed by atoms with Crippen LogP contribution in [0.1, 0.15) is 142 Å². The Morgan fingerprint density at radius 2 is 0.806 bits per heavy atom. The van der Waals surface area contributed by atoms with Gasteiger partial charge in [-0.25, -0.2) is 0 Å². The molecule has 0 unspecified atom stereocenters. The Bertz CT molecular complexity index is 520. The van der Waals surface area contributed by atoms with Gasteiger partial charge < -0.3 is 24.6 Å². The van der Waals surface area contributed by atoms with Gasteiger partial charge in [-0.05, 0) is 12.8 Å². The summed E-state index contributed by atoms with van der Waals surface area (Å²) >= 11 is 0. The zero-order valence-corrected chi connectivity index (χ0v) is 23.2. The van der Waals surface area contributed by atoms with Crippen molar-refractivity contribution in [1.29, 1.82) is 0 Å². The quantitative estimate of drug-likeness (QED) is 0.0989. The van der Waals surface area contributed by atoms with Gasteiger partial charge in [-0.3, -0.25) is 9.59 Å². The van der Waals surface area contributed by atoms with Crippen LogP contribution >= 0.6 is 0 Å². The molecule has 0 atom stereocenters. The Labute approximate surface area is 220 Å². The molecule has 0 aliphatic heterocycles. The van der Waals surface area contributed by atoms with Gasteiger partial charge in [-0.15, -0.1) is 0 Å². The van der Waals surface area contributed by atoms with E-state index in [2.05, 4.69) is 6.92 Å². The fourth-order valence-electron chi connectivity index (χ4n) is 5.01. The molecular weight excluding hydrogens is 458 g/mol. The summed E-state index contributed by atoms with van der Waals surface area (Å²) in [6, 6.07) is 0. The minimum Gasteiger partial charge on any atom is -0.550 e.